The fourth-order valence-corrected chi connectivity index (χ4v) is 3.95. The molecule has 1 aromatic heterocycles. The monoisotopic (exact) mass is 475 g/mol. The summed E-state index contributed by atoms with van der Waals surface area (Å²) < 4.78 is 30.8. The molecule has 0 saturated carbocycles. The first-order valence-electron chi connectivity index (χ1n) is 9.58. The number of amides is 2. The van der Waals surface area contributed by atoms with Gasteiger partial charge in [0.05, 0.1) is 36.0 Å². The molecule has 0 aliphatic carbocycles. The second-order valence-electron chi connectivity index (χ2n) is 7.06. The van der Waals surface area contributed by atoms with Crippen molar-refractivity contribution in [2.24, 2.45) is 0 Å². The number of carbonyl (C=O) groups excluding carboxylic acids is 2. The van der Waals surface area contributed by atoms with E-state index >= 15 is 0 Å². The number of para-hydroxylation sites is 1. The van der Waals surface area contributed by atoms with Crippen LogP contribution in [0.4, 0.5) is 11.4 Å². The van der Waals surface area contributed by atoms with Crippen molar-refractivity contribution in [1.29, 1.82) is 0 Å². The summed E-state index contributed by atoms with van der Waals surface area (Å²) in [5.41, 5.74) is 1.53. The minimum absolute atomic E-state index is 0.185. The van der Waals surface area contributed by atoms with Crippen molar-refractivity contribution in [3.8, 4) is 0 Å². The third-order valence-electron chi connectivity index (χ3n) is 4.58. The zero-order valence-electron chi connectivity index (χ0n) is 17.5. The number of halogens is 1. The molecule has 1 heterocycles. The van der Waals surface area contributed by atoms with Gasteiger partial charge in [0.1, 0.15) is 12.3 Å². The van der Waals surface area contributed by atoms with Gasteiger partial charge in [0.15, 0.2) is 0 Å². The van der Waals surface area contributed by atoms with E-state index in [1.165, 1.54) is 12.3 Å². The largest absolute Gasteiger partial charge is 0.467 e. The molecule has 0 fully saturated rings. The van der Waals surface area contributed by atoms with Gasteiger partial charge in [-0.2, -0.15) is 0 Å². The molecule has 168 valence electrons. The molecule has 2 aromatic carbocycles. The van der Waals surface area contributed by atoms with Crippen LogP contribution in [0.25, 0.3) is 0 Å². The van der Waals surface area contributed by atoms with Gasteiger partial charge >= 0.3 is 0 Å². The minimum Gasteiger partial charge on any atom is -0.467 e. The Kier molecular flexibility index (Phi) is 7.22. The van der Waals surface area contributed by atoms with Crippen LogP contribution in [0, 0.1) is 6.92 Å². The molecule has 0 unspecified atom stereocenters. The van der Waals surface area contributed by atoms with Gasteiger partial charge in [0.25, 0.3) is 5.91 Å². The number of benzene rings is 2. The molecular weight excluding hydrogens is 454 g/mol. The van der Waals surface area contributed by atoms with Crippen molar-refractivity contribution in [1.82, 2.24) is 5.32 Å². The molecule has 10 heteroatoms. The Morgan fingerprint density at radius 2 is 1.84 bits per heavy atom. The lowest BCUT2D eigenvalue weighted by molar-refractivity contribution is -0.114. The lowest BCUT2D eigenvalue weighted by Crippen LogP contribution is -2.37. The van der Waals surface area contributed by atoms with E-state index in [0.717, 1.165) is 16.1 Å². The van der Waals surface area contributed by atoms with Gasteiger partial charge in [-0.25, -0.2) is 8.42 Å². The van der Waals surface area contributed by atoms with Crippen molar-refractivity contribution in [2.75, 3.05) is 22.4 Å². The number of aryl methyl sites for hydroxylation is 1. The summed E-state index contributed by atoms with van der Waals surface area (Å²) >= 11 is 6.12. The van der Waals surface area contributed by atoms with E-state index in [4.69, 9.17) is 16.0 Å². The fourth-order valence-electron chi connectivity index (χ4n) is 2.92. The molecule has 0 radical (unpaired) electrons. The lowest BCUT2D eigenvalue weighted by atomic mass is 10.1. The second kappa shape index (κ2) is 9.88. The summed E-state index contributed by atoms with van der Waals surface area (Å²) in [6.45, 7) is 1.49. The normalized spacial score (nSPS) is 11.1. The molecule has 0 aliphatic rings. The number of hydrogen-bond acceptors (Lipinski definition) is 5. The standard InChI is InChI=1S/C22H22ClN3O5S/c1-15-9-10-16(12-19(15)23)26(32(2,29)30)14-21(27)25-20-8-4-3-7-18(20)22(28)24-13-17-6-5-11-31-17/h3-12H,13-14H2,1-2H3,(H,24,28)(H,25,27). The third kappa shape index (κ3) is 5.89. The van der Waals surface area contributed by atoms with Gasteiger partial charge in [-0.15, -0.1) is 0 Å². The van der Waals surface area contributed by atoms with E-state index in [0.29, 0.717) is 10.8 Å². The van der Waals surface area contributed by atoms with E-state index in [1.54, 1.807) is 55.5 Å². The Bertz CT molecular complexity index is 1230. The van der Waals surface area contributed by atoms with Crippen LogP contribution >= 0.6 is 11.6 Å². The summed E-state index contributed by atoms with van der Waals surface area (Å²) in [7, 11) is -3.77. The summed E-state index contributed by atoms with van der Waals surface area (Å²) in [6.07, 6.45) is 2.51. The highest BCUT2D eigenvalue weighted by Gasteiger charge is 2.22. The van der Waals surface area contributed by atoms with E-state index in [-0.39, 0.29) is 23.5 Å². The van der Waals surface area contributed by atoms with Crippen LogP contribution < -0.4 is 14.9 Å². The molecule has 8 nitrogen and oxygen atoms in total. The van der Waals surface area contributed by atoms with Crippen LogP contribution in [0.1, 0.15) is 21.7 Å². The van der Waals surface area contributed by atoms with Crippen molar-refractivity contribution in [3.63, 3.8) is 0 Å². The Morgan fingerprint density at radius 1 is 1.09 bits per heavy atom. The number of hydrogen-bond donors (Lipinski definition) is 2. The van der Waals surface area contributed by atoms with E-state index in [1.807, 2.05) is 0 Å². The number of sulfonamides is 1. The Hall–Kier alpha value is -3.30. The van der Waals surface area contributed by atoms with E-state index in [9.17, 15) is 18.0 Å². The minimum atomic E-state index is -3.77. The highest BCUT2D eigenvalue weighted by molar-refractivity contribution is 7.92. The Balaban J connectivity index is 1.75. The number of nitrogens with one attached hydrogen (secondary N) is 2. The van der Waals surface area contributed by atoms with Crippen molar-refractivity contribution in [3.05, 3.63) is 82.8 Å². The first-order valence-corrected chi connectivity index (χ1v) is 11.8. The number of anilines is 2. The third-order valence-corrected chi connectivity index (χ3v) is 6.13. The van der Waals surface area contributed by atoms with Gasteiger partial charge in [0.2, 0.25) is 15.9 Å². The molecule has 0 aliphatic heterocycles. The molecule has 0 atom stereocenters. The van der Waals surface area contributed by atoms with Gasteiger partial charge in [0, 0.05) is 5.02 Å². The maximum Gasteiger partial charge on any atom is 0.253 e. The van der Waals surface area contributed by atoms with Gasteiger partial charge in [-0.1, -0.05) is 29.8 Å². The predicted molar refractivity (Wildman–Crippen MR) is 123 cm³/mol. The summed E-state index contributed by atoms with van der Waals surface area (Å²) in [4.78, 5) is 25.3. The van der Waals surface area contributed by atoms with Crippen LogP contribution in [0.3, 0.4) is 0 Å². The average Bonchev–Trinajstić information content (AvgIpc) is 3.26. The highest BCUT2D eigenvalue weighted by atomic mass is 35.5. The zero-order chi connectivity index (χ0) is 23.3. The van der Waals surface area contributed by atoms with Gasteiger partial charge < -0.3 is 15.1 Å². The molecule has 0 bridgehead atoms. The van der Waals surface area contributed by atoms with Crippen molar-refractivity contribution in [2.45, 2.75) is 13.5 Å². The number of carbonyl (C=O) groups is 2. The quantitative estimate of drug-likeness (QED) is 0.517. The average molecular weight is 476 g/mol. The summed E-state index contributed by atoms with van der Waals surface area (Å²) in [5.74, 6) is -0.443. The summed E-state index contributed by atoms with van der Waals surface area (Å²) in [5, 5.41) is 5.72. The fraction of sp³-hybridized carbons (Fsp3) is 0.182. The Labute approximate surface area is 191 Å². The van der Waals surface area contributed by atoms with Crippen molar-refractivity contribution >= 4 is 44.8 Å². The molecular formula is C22H22ClN3O5S. The highest BCUT2D eigenvalue weighted by Crippen LogP contribution is 2.25. The Morgan fingerprint density at radius 3 is 2.50 bits per heavy atom. The molecule has 32 heavy (non-hydrogen) atoms. The zero-order valence-corrected chi connectivity index (χ0v) is 19.0. The molecule has 0 saturated heterocycles. The maximum atomic E-state index is 12.7. The molecule has 2 N–H and O–H groups in total. The topological polar surface area (TPSA) is 109 Å². The molecule has 2 amide bonds. The smallest absolute Gasteiger partial charge is 0.253 e. The van der Waals surface area contributed by atoms with Gasteiger partial charge in [-0.3, -0.25) is 13.9 Å². The number of rotatable bonds is 8. The maximum absolute atomic E-state index is 12.7. The lowest BCUT2D eigenvalue weighted by Gasteiger charge is -2.22. The number of nitrogens with zero attached hydrogens (tertiary/aromatic N) is 1. The molecule has 3 rings (SSSR count). The predicted octanol–water partition coefficient (Wildman–Crippen LogP) is 3.58. The van der Waals surface area contributed by atoms with Gasteiger partial charge in [-0.05, 0) is 48.9 Å². The SMILES string of the molecule is Cc1ccc(N(CC(=O)Nc2ccccc2C(=O)NCc2ccco2)S(C)(=O)=O)cc1Cl. The van der Waals surface area contributed by atoms with Crippen molar-refractivity contribution < 1.29 is 22.4 Å². The van der Waals surface area contributed by atoms with Crippen LogP contribution in [-0.4, -0.2) is 33.0 Å². The first-order chi connectivity index (χ1) is 15.1. The number of furan rings is 1. The van der Waals surface area contributed by atoms with Crippen LogP contribution in [-0.2, 0) is 21.4 Å². The molecule has 3 aromatic rings. The van der Waals surface area contributed by atoms with Crippen LogP contribution in [0.2, 0.25) is 5.02 Å². The molecule has 0 spiro atoms. The van der Waals surface area contributed by atoms with Crippen LogP contribution in [0.5, 0.6) is 0 Å². The summed E-state index contributed by atoms with van der Waals surface area (Å²) in [6, 6.07) is 14.6. The second-order valence-corrected chi connectivity index (χ2v) is 9.37. The van der Waals surface area contributed by atoms with Crippen LogP contribution in [0.15, 0.2) is 65.3 Å². The first kappa shape index (κ1) is 23.4. The van der Waals surface area contributed by atoms with E-state index < -0.39 is 28.4 Å². The van der Waals surface area contributed by atoms with E-state index in [2.05, 4.69) is 10.6 Å².